The fourth-order valence-corrected chi connectivity index (χ4v) is 9.40. The number of benzene rings is 8. The Morgan fingerprint density at radius 2 is 0.948 bits per heavy atom. The predicted molar refractivity (Wildman–Crippen MR) is 238 cm³/mol. The van der Waals surface area contributed by atoms with Crippen molar-refractivity contribution in [3.05, 3.63) is 188 Å². The Balaban J connectivity index is 0.985. The highest BCUT2D eigenvalue weighted by atomic mass is 16.3. The van der Waals surface area contributed by atoms with Gasteiger partial charge in [0.05, 0.1) is 22.1 Å². The first-order valence-electron chi connectivity index (χ1n) is 19.6. The minimum atomic E-state index is 0.795. The van der Waals surface area contributed by atoms with E-state index in [9.17, 15) is 0 Å². The van der Waals surface area contributed by atoms with Crippen molar-refractivity contribution in [2.45, 2.75) is 0 Å². The van der Waals surface area contributed by atoms with Gasteiger partial charge in [0.25, 0.3) is 0 Å². The van der Waals surface area contributed by atoms with Crippen molar-refractivity contribution in [3.8, 4) is 33.6 Å². The lowest BCUT2D eigenvalue weighted by molar-refractivity contribution is 0.668. The third-order valence-electron chi connectivity index (χ3n) is 12.0. The van der Waals surface area contributed by atoms with E-state index in [2.05, 4.69) is 178 Å². The van der Waals surface area contributed by atoms with Crippen molar-refractivity contribution in [3.63, 3.8) is 0 Å². The molecule has 0 atom stereocenters. The second-order valence-electron chi connectivity index (χ2n) is 15.1. The van der Waals surface area contributed by atoms with E-state index in [1.54, 1.807) is 0 Å². The number of hydrogen-bond donors (Lipinski definition) is 0. The Hall–Kier alpha value is -7.89. The molecule has 58 heavy (non-hydrogen) atoms. The molecule has 0 N–H and O–H groups in total. The van der Waals surface area contributed by atoms with E-state index in [-0.39, 0.29) is 0 Å². The fraction of sp³-hybridized carbons (Fsp3) is 0. The number of furan rings is 2. The van der Waals surface area contributed by atoms with E-state index in [0.29, 0.717) is 0 Å². The molecule has 0 aliphatic carbocycles. The molecule has 0 spiro atoms. The highest BCUT2D eigenvalue weighted by Gasteiger charge is 2.20. The third kappa shape index (κ3) is 4.44. The Kier molecular flexibility index (Phi) is 6.38. The Morgan fingerprint density at radius 3 is 1.79 bits per heavy atom. The first-order chi connectivity index (χ1) is 28.7. The molecule has 13 aromatic rings. The van der Waals surface area contributed by atoms with Gasteiger partial charge in [-0.05, 0) is 119 Å². The second-order valence-corrected chi connectivity index (χ2v) is 15.1. The first-order valence-corrected chi connectivity index (χ1v) is 19.6. The van der Waals surface area contributed by atoms with Gasteiger partial charge in [-0.3, -0.25) is 4.98 Å². The van der Waals surface area contributed by atoms with Crippen molar-refractivity contribution < 1.29 is 8.83 Å². The van der Waals surface area contributed by atoms with Crippen molar-refractivity contribution in [1.82, 2.24) is 14.1 Å². The average molecular weight is 742 g/mol. The van der Waals surface area contributed by atoms with E-state index in [4.69, 9.17) is 8.83 Å². The standard InChI is InChI=1S/C53H31N3O2/c1-2-10-35(11-3-1)55-44-15-6-4-12-38(44)40-30-34(19-23-46(40)55)37-14-8-17-47-52(37)39-13-5-7-16-45(39)56(47)36-22-26-49-42(31-36)41-28-32(20-24-48(41)57-49)33-21-25-50-43(29-33)53-51(58-50)18-9-27-54-53/h1-31H. The van der Waals surface area contributed by atoms with Crippen LogP contribution in [0.3, 0.4) is 0 Å². The van der Waals surface area contributed by atoms with Crippen LogP contribution in [0, 0.1) is 0 Å². The summed E-state index contributed by atoms with van der Waals surface area (Å²) in [6.45, 7) is 0. The van der Waals surface area contributed by atoms with Crippen LogP contribution in [-0.2, 0) is 0 Å². The predicted octanol–water partition coefficient (Wildman–Crippen LogP) is 14.4. The summed E-state index contributed by atoms with van der Waals surface area (Å²) >= 11 is 0. The smallest absolute Gasteiger partial charge is 0.153 e. The molecule has 5 nitrogen and oxygen atoms in total. The van der Waals surface area contributed by atoms with Gasteiger partial charge in [-0.1, -0.05) is 84.9 Å². The maximum atomic E-state index is 6.44. The van der Waals surface area contributed by atoms with Crippen LogP contribution in [0.2, 0.25) is 0 Å². The number of hydrogen-bond acceptors (Lipinski definition) is 3. The molecule has 0 saturated heterocycles. The van der Waals surface area contributed by atoms with Crippen LogP contribution >= 0.6 is 0 Å². The molecule has 0 bridgehead atoms. The van der Waals surface area contributed by atoms with Gasteiger partial charge in [-0.25, -0.2) is 0 Å². The van der Waals surface area contributed by atoms with E-state index in [1.807, 2.05) is 24.4 Å². The van der Waals surface area contributed by atoms with Gasteiger partial charge in [0.1, 0.15) is 22.3 Å². The molecule has 0 aliphatic heterocycles. The lowest BCUT2D eigenvalue weighted by Gasteiger charge is -2.10. The lowest BCUT2D eigenvalue weighted by Crippen LogP contribution is -1.93. The maximum absolute atomic E-state index is 6.44. The summed E-state index contributed by atoms with van der Waals surface area (Å²) in [5.74, 6) is 0. The normalized spacial score (nSPS) is 12.1. The zero-order chi connectivity index (χ0) is 37.9. The zero-order valence-electron chi connectivity index (χ0n) is 31.1. The molecule has 0 fully saturated rings. The number of nitrogens with zero attached hydrogens (tertiary/aromatic N) is 3. The van der Waals surface area contributed by atoms with Crippen LogP contribution in [0.4, 0.5) is 0 Å². The van der Waals surface area contributed by atoms with Gasteiger partial charge < -0.3 is 18.0 Å². The van der Waals surface area contributed by atoms with E-state index in [0.717, 1.165) is 77.5 Å². The van der Waals surface area contributed by atoms with Gasteiger partial charge in [-0.2, -0.15) is 0 Å². The van der Waals surface area contributed by atoms with Crippen LogP contribution in [0.1, 0.15) is 0 Å². The lowest BCUT2D eigenvalue weighted by atomic mass is 9.98. The molecule has 8 aromatic carbocycles. The number of pyridine rings is 1. The summed E-state index contributed by atoms with van der Waals surface area (Å²) in [6.07, 6.45) is 1.81. The molecule has 270 valence electrons. The van der Waals surface area contributed by atoms with Crippen LogP contribution in [0.15, 0.2) is 197 Å². The Labute approximate surface area is 331 Å². The fourth-order valence-electron chi connectivity index (χ4n) is 9.40. The van der Waals surface area contributed by atoms with E-state index < -0.39 is 0 Å². The van der Waals surface area contributed by atoms with Gasteiger partial charge >= 0.3 is 0 Å². The minimum Gasteiger partial charge on any atom is -0.456 e. The summed E-state index contributed by atoms with van der Waals surface area (Å²) in [5.41, 5.74) is 15.8. The second kappa shape index (κ2) is 11.8. The zero-order valence-corrected chi connectivity index (χ0v) is 31.1. The summed E-state index contributed by atoms with van der Waals surface area (Å²) < 4.78 is 17.3. The van der Waals surface area contributed by atoms with E-state index >= 15 is 0 Å². The molecule has 0 radical (unpaired) electrons. The average Bonchev–Trinajstić information content (AvgIpc) is 4.03. The number of fused-ring (bicyclic) bond motifs is 12. The minimum absolute atomic E-state index is 0.795. The highest BCUT2D eigenvalue weighted by Crippen LogP contribution is 2.42. The summed E-state index contributed by atoms with van der Waals surface area (Å²) in [4.78, 5) is 4.61. The van der Waals surface area contributed by atoms with E-state index in [1.165, 1.54) is 43.7 Å². The molecule has 13 rings (SSSR count). The van der Waals surface area contributed by atoms with Crippen molar-refractivity contribution in [2.75, 3.05) is 0 Å². The van der Waals surface area contributed by atoms with Crippen molar-refractivity contribution in [1.29, 1.82) is 0 Å². The Bertz CT molecular complexity index is 3810. The quantitative estimate of drug-likeness (QED) is 0.180. The van der Waals surface area contributed by atoms with Crippen LogP contribution in [0.25, 0.3) is 121 Å². The number of aromatic nitrogens is 3. The summed E-state index contributed by atoms with van der Waals surface area (Å²) in [6, 6.07) is 65.0. The van der Waals surface area contributed by atoms with Gasteiger partial charge in [0.15, 0.2) is 5.58 Å². The first kappa shape index (κ1) is 31.3. The molecule has 0 unspecified atom stereocenters. The third-order valence-corrected chi connectivity index (χ3v) is 12.0. The van der Waals surface area contributed by atoms with Crippen molar-refractivity contribution in [2.24, 2.45) is 0 Å². The Morgan fingerprint density at radius 1 is 0.345 bits per heavy atom. The molecule has 0 aliphatic rings. The molecule has 0 saturated carbocycles. The monoisotopic (exact) mass is 741 g/mol. The molecule has 0 amide bonds. The van der Waals surface area contributed by atoms with Crippen LogP contribution in [0.5, 0.6) is 0 Å². The molecular weight excluding hydrogens is 711 g/mol. The number of para-hydroxylation sites is 3. The van der Waals surface area contributed by atoms with Gasteiger partial charge in [0.2, 0.25) is 0 Å². The molecule has 5 heteroatoms. The topological polar surface area (TPSA) is 49.0 Å². The summed E-state index contributed by atoms with van der Waals surface area (Å²) in [5, 5.41) is 8.11. The van der Waals surface area contributed by atoms with Gasteiger partial charge in [-0.15, -0.1) is 0 Å². The van der Waals surface area contributed by atoms with Crippen LogP contribution in [-0.4, -0.2) is 14.1 Å². The molecule has 5 aromatic heterocycles. The molecular formula is C53H31N3O2. The maximum Gasteiger partial charge on any atom is 0.153 e. The van der Waals surface area contributed by atoms with Gasteiger partial charge in [0, 0.05) is 55.3 Å². The largest absolute Gasteiger partial charge is 0.456 e. The molecule has 5 heterocycles. The van der Waals surface area contributed by atoms with Crippen molar-refractivity contribution >= 4 is 87.6 Å². The highest BCUT2D eigenvalue weighted by molar-refractivity contribution is 6.18. The number of rotatable bonds is 4. The summed E-state index contributed by atoms with van der Waals surface area (Å²) in [7, 11) is 0. The van der Waals surface area contributed by atoms with Crippen LogP contribution < -0.4 is 0 Å². The SMILES string of the molecule is c1ccc(-n2c3ccccc3c3cc(-c4cccc5c4c4ccccc4n5-c4ccc5oc6ccc(-c7ccc8oc9cccnc9c8c7)cc6c5c4)ccc32)cc1.